The van der Waals surface area contributed by atoms with Gasteiger partial charge in [-0.25, -0.2) is 9.69 Å². The van der Waals surface area contributed by atoms with Gasteiger partial charge >= 0.3 is 6.03 Å². The fourth-order valence-electron chi connectivity index (χ4n) is 3.88. The fourth-order valence-corrected chi connectivity index (χ4v) is 4.91. The first-order chi connectivity index (χ1) is 13.1. The van der Waals surface area contributed by atoms with Gasteiger partial charge in [-0.3, -0.25) is 0 Å². The van der Waals surface area contributed by atoms with Gasteiger partial charge in [-0.15, -0.1) is 10.2 Å². The highest BCUT2D eigenvalue weighted by molar-refractivity contribution is 7.15. The highest BCUT2D eigenvalue weighted by Crippen LogP contribution is 2.37. The molecule has 1 N–H and O–H groups in total. The third-order valence-corrected chi connectivity index (χ3v) is 6.57. The Morgan fingerprint density at radius 1 is 1.22 bits per heavy atom. The van der Waals surface area contributed by atoms with Gasteiger partial charge in [-0.05, 0) is 25.7 Å². The second-order valence-electron chi connectivity index (χ2n) is 7.71. The van der Waals surface area contributed by atoms with Crippen molar-refractivity contribution in [2.75, 3.05) is 25.1 Å². The smallest absolute Gasteiger partial charge is 0.328 e. The number of hydrogen-bond acceptors (Lipinski definition) is 6. The molecular formula is C19H32N4O3S. The average molecular weight is 397 g/mol. The quantitative estimate of drug-likeness (QED) is 0.535. The largest absolute Gasteiger partial charge is 0.378 e. The lowest BCUT2D eigenvalue weighted by atomic mass is 10.0. The Hall–Kier alpha value is -1.25. The van der Waals surface area contributed by atoms with Crippen LogP contribution in [0, 0.1) is 0 Å². The number of nitrogens with zero attached hydrogens (tertiary/aromatic N) is 4. The van der Waals surface area contributed by atoms with Gasteiger partial charge in [0.25, 0.3) is 0 Å². The first kappa shape index (κ1) is 20.5. The normalized spacial score (nSPS) is 26.6. The van der Waals surface area contributed by atoms with E-state index in [2.05, 4.69) is 17.1 Å². The third-order valence-electron chi connectivity index (χ3n) is 5.48. The van der Waals surface area contributed by atoms with Gasteiger partial charge in [0.05, 0.1) is 12.6 Å². The molecule has 1 aliphatic heterocycles. The van der Waals surface area contributed by atoms with E-state index in [1.807, 2.05) is 0 Å². The van der Waals surface area contributed by atoms with E-state index in [1.54, 1.807) is 7.05 Å². The van der Waals surface area contributed by atoms with Crippen LogP contribution in [0.5, 0.6) is 0 Å². The number of aliphatic hydroxyl groups excluding tert-OH is 1. The molecule has 27 heavy (non-hydrogen) atoms. The van der Waals surface area contributed by atoms with E-state index in [9.17, 15) is 9.90 Å². The van der Waals surface area contributed by atoms with Crippen LogP contribution in [0.4, 0.5) is 9.93 Å². The molecule has 0 radical (unpaired) electrons. The van der Waals surface area contributed by atoms with Gasteiger partial charge in [-0.1, -0.05) is 50.4 Å². The highest BCUT2D eigenvalue weighted by atomic mass is 32.1. The minimum atomic E-state index is -0.850. The van der Waals surface area contributed by atoms with Crippen molar-refractivity contribution in [3.8, 4) is 0 Å². The molecule has 1 aliphatic carbocycles. The molecule has 0 spiro atoms. The molecule has 8 heteroatoms. The Morgan fingerprint density at radius 2 is 2.04 bits per heavy atom. The van der Waals surface area contributed by atoms with Gasteiger partial charge in [0.1, 0.15) is 5.01 Å². The number of carbonyl (C=O) groups excluding carboxylic acids is 1. The molecule has 7 nitrogen and oxygen atoms in total. The Balaban J connectivity index is 1.58. The highest BCUT2D eigenvalue weighted by Gasteiger charge is 2.37. The number of aliphatic hydroxyl groups is 1. The molecule has 1 saturated carbocycles. The third kappa shape index (κ3) is 5.18. The molecule has 2 aliphatic rings. The maximum Gasteiger partial charge on any atom is 0.328 e. The maximum atomic E-state index is 12.2. The number of aromatic nitrogens is 2. The summed E-state index contributed by atoms with van der Waals surface area (Å²) in [6.07, 6.45) is 9.87. The Labute approximate surface area is 165 Å². The van der Waals surface area contributed by atoms with E-state index in [4.69, 9.17) is 4.74 Å². The number of urea groups is 1. The van der Waals surface area contributed by atoms with E-state index >= 15 is 0 Å². The molecule has 2 heterocycles. The summed E-state index contributed by atoms with van der Waals surface area (Å²) in [5.41, 5.74) is 0. The van der Waals surface area contributed by atoms with E-state index in [1.165, 1.54) is 53.2 Å². The van der Waals surface area contributed by atoms with Crippen LogP contribution in [-0.2, 0) is 4.74 Å². The SMILES string of the molecule is CCCCCCOC1CCCCC(c2nnc(N3C(=O)N(C)CC3O)s2)C1. The van der Waals surface area contributed by atoms with Crippen LogP contribution in [0.3, 0.4) is 0 Å². The summed E-state index contributed by atoms with van der Waals surface area (Å²) >= 11 is 1.43. The molecule has 3 atom stereocenters. The molecule has 3 rings (SSSR count). The van der Waals surface area contributed by atoms with Crippen LogP contribution in [0.15, 0.2) is 0 Å². The molecule has 0 aromatic carbocycles. The summed E-state index contributed by atoms with van der Waals surface area (Å²) in [4.78, 5) is 15.1. The van der Waals surface area contributed by atoms with Crippen LogP contribution in [-0.4, -0.2) is 58.8 Å². The zero-order valence-corrected chi connectivity index (χ0v) is 17.3. The molecular weight excluding hydrogens is 364 g/mol. The lowest BCUT2D eigenvalue weighted by Crippen LogP contribution is -2.34. The van der Waals surface area contributed by atoms with Crippen LogP contribution >= 0.6 is 11.3 Å². The van der Waals surface area contributed by atoms with Crippen LogP contribution < -0.4 is 4.90 Å². The van der Waals surface area contributed by atoms with Crippen molar-refractivity contribution in [1.82, 2.24) is 15.1 Å². The maximum absolute atomic E-state index is 12.2. The summed E-state index contributed by atoms with van der Waals surface area (Å²) in [5, 5.41) is 20.2. The average Bonchev–Trinajstić information content (AvgIpc) is 3.12. The molecule has 1 aromatic heterocycles. The van der Waals surface area contributed by atoms with Crippen molar-refractivity contribution in [3.05, 3.63) is 5.01 Å². The van der Waals surface area contributed by atoms with Crippen molar-refractivity contribution in [3.63, 3.8) is 0 Å². The zero-order chi connectivity index (χ0) is 19.2. The number of anilines is 1. The Morgan fingerprint density at radius 3 is 2.78 bits per heavy atom. The second-order valence-corrected chi connectivity index (χ2v) is 8.69. The van der Waals surface area contributed by atoms with Crippen molar-refractivity contribution in [2.24, 2.45) is 0 Å². The zero-order valence-electron chi connectivity index (χ0n) is 16.5. The van der Waals surface area contributed by atoms with Gasteiger partial charge in [0, 0.05) is 19.6 Å². The van der Waals surface area contributed by atoms with E-state index in [-0.39, 0.29) is 12.1 Å². The molecule has 0 bridgehead atoms. The molecule has 2 amide bonds. The number of hydrogen-bond donors (Lipinski definition) is 1. The molecule has 3 unspecified atom stereocenters. The van der Waals surface area contributed by atoms with Crippen LogP contribution in [0.2, 0.25) is 0 Å². The van der Waals surface area contributed by atoms with Crippen molar-refractivity contribution >= 4 is 22.5 Å². The number of unbranched alkanes of at least 4 members (excludes halogenated alkanes) is 3. The standard InChI is InChI=1S/C19H32N4O3S/c1-3-4-5-8-11-26-15-10-7-6-9-14(12-15)17-20-21-18(27-17)23-16(24)13-22(2)19(23)25/h14-16,24H,3-13H2,1-2H3. The minimum Gasteiger partial charge on any atom is -0.378 e. The Bertz CT molecular complexity index is 612. The lowest BCUT2D eigenvalue weighted by molar-refractivity contribution is 0.0378. The van der Waals surface area contributed by atoms with Crippen molar-refractivity contribution in [2.45, 2.75) is 83.0 Å². The minimum absolute atomic E-state index is 0.223. The van der Waals surface area contributed by atoms with Gasteiger partial charge in [-0.2, -0.15) is 0 Å². The number of rotatable bonds is 8. The summed E-state index contributed by atoms with van der Waals surface area (Å²) < 4.78 is 6.16. The monoisotopic (exact) mass is 396 g/mol. The summed E-state index contributed by atoms with van der Waals surface area (Å²) in [7, 11) is 1.68. The van der Waals surface area contributed by atoms with E-state index in [0.717, 1.165) is 37.3 Å². The second kappa shape index (κ2) is 9.80. The van der Waals surface area contributed by atoms with Gasteiger partial charge in [0.15, 0.2) is 6.23 Å². The van der Waals surface area contributed by atoms with Crippen molar-refractivity contribution in [1.29, 1.82) is 0 Å². The Kier molecular flexibility index (Phi) is 7.43. The number of carbonyl (C=O) groups is 1. The number of likely N-dealkylation sites (N-methyl/N-ethyl adjacent to an activating group) is 1. The number of ether oxygens (including phenoxy) is 1. The first-order valence-corrected chi connectivity index (χ1v) is 11.1. The topological polar surface area (TPSA) is 78.8 Å². The lowest BCUT2D eigenvalue weighted by Gasteiger charge is -2.19. The molecule has 1 aromatic rings. The predicted molar refractivity (Wildman–Crippen MR) is 106 cm³/mol. The summed E-state index contributed by atoms with van der Waals surface area (Å²) in [5.74, 6) is 0.326. The van der Waals surface area contributed by atoms with E-state index in [0.29, 0.717) is 17.6 Å². The summed E-state index contributed by atoms with van der Waals surface area (Å²) in [6, 6.07) is -0.223. The number of β-amino-alcohol motifs (C(OH)–C–C–N with tert-alkyl or cyclic N) is 1. The van der Waals surface area contributed by atoms with Crippen LogP contribution in [0.25, 0.3) is 0 Å². The molecule has 152 valence electrons. The van der Waals surface area contributed by atoms with Crippen LogP contribution in [0.1, 0.15) is 75.6 Å². The predicted octanol–water partition coefficient (Wildman–Crippen LogP) is 3.74. The number of amides is 2. The van der Waals surface area contributed by atoms with Crippen molar-refractivity contribution < 1.29 is 14.6 Å². The summed E-state index contributed by atoms with van der Waals surface area (Å²) in [6.45, 7) is 3.37. The molecule has 2 fully saturated rings. The fraction of sp³-hybridized carbons (Fsp3) is 0.842. The van der Waals surface area contributed by atoms with E-state index < -0.39 is 6.23 Å². The molecule has 1 saturated heterocycles. The van der Waals surface area contributed by atoms with Gasteiger partial charge in [0.2, 0.25) is 5.13 Å². The first-order valence-electron chi connectivity index (χ1n) is 10.3. The van der Waals surface area contributed by atoms with Gasteiger partial charge < -0.3 is 14.7 Å².